The summed E-state index contributed by atoms with van der Waals surface area (Å²) < 4.78 is 35.9. The Kier molecular flexibility index (Phi) is 15.2. The number of benzene rings is 3. The van der Waals surface area contributed by atoms with Gasteiger partial charge in [0.15, 0.2) is 18.5 Å². The highest BCUT2D eigenvalue weighted by Gasteiger charge is 2.52. The number of aliphatic hydroxyl groups excluding tert-OH is 2. The average molecular weight is 731 g/mol. The van der Waals surface area contributed by atoms with E-state index in [1.54, 1.807) is 91.0 Å². The molecule has 1 unspecified atom stereocenters. The van der Waals surface area contributed by atoms with Crippen molar-refractivity contribution < 1.29 is 53.0 Å². The molecule has 2 heterocycles. The van der Waals surface area contributed by atoms with Gasteiger partial charge in [-0.25, -0.2) is 14.4 Å². The van der Waals surface area contributed by atoms with Crippen LogP contribution in [0.15, 0.2) is 104 Å². The summed E-state index contributed by atoms with van der Waals surface area (Å²) in [5.74, 6) is -2.09. The molecule has 3 aromatic rings. The third-order valence-corrected chi connectivity index (χ3v) is 9.61. The highest BCUT2D eigenvalue weighted by atomic mass is 16.7. The Morgan fingerprint density at radius 1 is 0.679 bits per heavy atom. The lowest BCUT2D eigenvalue weighted by molar-refractivity contribution is -0.190. The highest BCUT2D eigenvalue weighted by molar-refractivity contribution is 5.91. The van der Waals surface area contributed by atoms with E-state index in [1.165, 1.54) is 0 Å². The van der Waals surface area contributed by atoms with E-state index in [0.717, 1.165) is 44.9 Å². The maximum absolute atomic E-state index is 13.4. The van der Waals surface area contributed by atoms with Crippen LogP contribution >= 0.6 is 0 Å². The fourth-order valence-corrected chi connectivity index (χ4v) is 6.60. The van der Waals surface area contributed by atoms with Crippen molar-refractivity contribution in [1.82, 2.24) is 0 Å². The summed E-state index contributed by atoms with van der Waals surface area (Å²) in [6.07, 6.45) is 0.272. The molecule has 11 heteroatoms. The van der Waals surface area contributed by atoms with Gasteiger partial charge in [-0.3, -0.25) is 0 Å². The lowest BCUT2D eigenvalue weighted by Gasteiger charge is -2.25. The Balaban J connectivity index is 1.30. The van der Waals surface area contributed by atoms with Crippen molar-refractivity contribution in [3.8, 4) is 0 Å². The normalized spacial score (nSPS) is 25.7. The van der Waals surface area contributed by atoms with Crippen LogP contribution < -0.4 is 0 Å². The molecule has 0 spiro atoms. The predicted molar refractivity (Wildman–Crippen MR) is 195 cm³/mol. The molecule has 0 amide bonds. The fourth-order valence-electron chi connectivity index (χ4n) is 6.60. The van der Waals surface area contributed by atoms with Crippen LogP contribution in [0.4, 0.5) is 0 Å². The number of hydrogen-bond donors (Lipinski definition) is 2. The zero-order chi connectivity index (χ0) is 37.6. The largest absolute Gasteiger partial charge is 0.459 e. The minimum atomic E-state index is -1.33. The molecular formula is C42H50O11. The molecule has 0 radical (unpaired) electrons. The van der Waals surface area contributed by atoms with E-state index in [0.29, 0.717) is 5.56 Å². The van der Waals surface area contributed by atoms with Gasteiger partial charge >= 0.3 is 17.9 Å². The van der Waals surface area contributed by atoms with Crippen LogP contribution in [0.3, 0.4) is 0 Å². The van der Waals surface area contributed by atoms with Crippen molar-refractivity contribution >= 4 is 17.9 Å². The molecule has 0 saturated carbocycles. The van der Waals surface area contributed by atoms with Gasteiger partial charge in [0.2, 0.25) is 0 Å². The van der Waals surface area contributed by atoms with E-state index in [9.17, 15) is 24.6 Å². The summed E-state index contributed by atoms with van der Waals surface area (Å²) in [4.78, 5) is 39.6. The Morgan fingerprint density at radius 2 is 1.21 bits per heavy atom. The molecule has 0 aliphatic carbocycles. The van der Waals surface area contributed by atoms with Crippen LogP contribution in [-0.4, -0.2) is 90.4 Å². The van der Waals surface area contributed by atoms with E-state index in [-0.39, 0.29) is 30.3 Å². The maximum Gasteiger partial charge on any atom is 0.338 e. The first kappa shape index (κ1) is 39.8. The predicted octanol–water partition coefficient (Wildman–Crippen LogP) is 6.08. The standard InChI is InChI=1S/C42H50O11/c1-3-4-5-6-7-8-12-19-28(2)36-35(44)34(43)32(50-36)26-49-42-38(53-41(47)31-24-17-11-18-25-31)37(52-40(46)30-22-15-10-16-23-30)33(51-42)27-48-39(45)29-20-13-9-14-21-29/h3,9-11,13-18,20-25,28,32-38,42-44H,1,4-8,12,19,26-27H2,2H3/t28?,32-,33-,34-,35+,36-,37-,38+,42+/m1/s1. The zero-order valence-corrected chi connectivity index (χ0v) is 30.1. The topological polar surface area (TPSA) is 147 Å². The SMILES string of the molecule is C=CCCCCCCCC(C)[C@H]1O[C@H](CO[C@H]2O[C@H](COC(=O)c3ccccc3)[C@@H](OC(=O)c3ccccc3)[C@@H]2OC(=O)c2ccccc2)[C@@H](O)[C@@H]1O. The van der Waals surface area contributed by atoms with Gasteiger partial charge in [-0.2, -0.15) is 0 Å². The zero-order valence-electron chi connectivity index (χ0n) is 30.1. The number of carbonyl (C=O) groups excluding carboxylic acids is 3. The van der Waals surface area contributed by atoms with Gasteiger partial charge < -0.3 is 38.6 Å². The summed E-state index contributed by atoms with van der Waals surface area (Å²) in [6, 6.07) is 24.9. The number of esters is 3. The molecule has 0 aromatic heterocycles. The molecule has 284 valence electrons. The van der Waals surface area contributed by atoms with Gasteiger partial charge in [0, 0.05) is 0 Å². The highest BCUT2D eigenvalue weighted by Crippen LogP contribution is 2.33. The van der Waals surface area contributed by atoms with Crippen molar-refractivity contribution in [1.29, 1.82) is 0 Å². The van der Waals surface area contributed by atoms with Crippen LogP contribution in [0.2, 0.25) is 0 Å². The smallest absolute Gasteiger partial charge is 0.338 e. The third kappa shape index (κ3) is 11.1. The lowest BCUT2D eigenvalue weighted by Crippen LogP contribution is -2.43. The summed E-state index contributed by atoms with van der Waals surface area (Å²) >= 11 is 0. The number of unbranched alkanes of at least 4 members (excludes halogenated alkanes) is 5. The summed E-state index contributed by atoms with van der Waals surface area (Å²) in [6.45, 7) is 5.15. The third-order valence-electron chi connectivity index (χ3n) is 9.61. The molecule has 2 N–H and O–H groups in total. The van der Waals surface area contributed by atoms with Crippen molar-refractivity contribution in [2.45, 2.75) is 101 Å². The Morgan fingerprint density at radius 3 is 1.79 bits per heavy atom. The fraction of sp³-hybridized carbons (Fsp3) is 0.452. The number of ether oxygens (including phenoxy) is 6. The Hall–Kier alpha value is -4.39. The summed E-state index contributed by atoms with van der Waals surface area (Å²) in [5.41, 5.74) is 0.792. The average Bonchev–Trinajstić information content (AvgIpc) is 3.66. The molecule has 53 heavy (non-hydrogen) atoms. The van der Waals surface area contributed by atoms with Crippen molar-refractivity contribution in [2.24, 2.45) is 5.92 Å². The molecule has 3 aromatic carbocycles. The minimum Gasteiger partial charge on any atom is -0.459 e. The number of carbonyl (C=O) groups is 3. The van der Waals surface area contributed by atoms with E-state index in [4.69, 9.17) is 28.4 Å². The molecule has 9 atom stereocenters. The van der Waals surface area contributed by atoms with Crippen LogP contribution in [-0.2, 0) is 28.4 Å². The van der Waals surface area contributed by atoms with Gasteiger partial charge in [0.25, 0.3) is 0 Å². The monoisotopic (exact) mass is 730 g/mol. The summed E-state index contributed by atoms with van der Waals surface area (Å²) in [7, 11) is 0. The first-order valence-electron chi connectivity index (χ1n) is 18.4. The second-order valence-corrected chi connectivity index (χ2v) is 13.5. The van der Waals surface area contributed by atoms with E-state index >= 15 is 0 Å². The van der Waals surface area contributed by atoms with E-state index in [2.05, 4.69) is 6.58 Å². The molecular weight excluding hydrogens is 680 g/mol. The van der Waals surface area contributed by atoms with Crippen molar-refractivity contribution in [2.75, 3.05) is 13.2 Å². The number of hydrogen-bond acceptors (Lipinski definition) is 11. The lowest BCUT2D eigenvalue weighted by atomic mass is 9.92. The van der Waals surface area contributed by atoms with Gasteiger partial charge in [-0.15, -0.1) is 6.58 Å². The van der Waals surface area contributed by atoms with Crippen LogP contribution in [0.1, 0.15) is 82.9 Å². The number of allylic oxidation sites excluding steroid dienone is 1. The quantitative estimate of drug-likeness (QED) is 0.0641. The molecule has 2 aliphatic heterocycles. The molecule has 11 nitrogen and oxygen atoms in total. The van der Waals surface area contributed by atoms with Gasteiger partial charge in [-0.05, 0) is 61.6 Å². The second kappa shape index (κ2) is 20.2. The molecule has 5 rings (SSSR count). The van der Waals surface area contributed by atoms with Crippen molar-refractivity contribution in [3.63, 3.8) is 0 Å². The van der Waals surface area contributed by atoms with Crippen LogP contribution in [0.25, 0.3) is 0 Å². The Bertz CT molecular complexity index is 1580. The number of rotatable bonds is 19. The first-order chi connectivity index (χ1) is 25.8. The van der Waals surface area contributed by atoms with Gasteiger partial charge in [0.1, 0.15) is 31.0 Å². The summed E-state index contributed by atoms with van der Waals surface area (Å²) in [5, 5.41) is 21.9. The maximum atomic E-state index is 13.4. The number of aliphatic hydroxyl groups is 2. The molecule has 2 aliphatic rings. The van der Waals surface area contributed by atoms with Gasteiger partial charge in [-0.1, -0.05) is 93.3 Å². The molecule has 2 fully saturated rings. The second-order valence-electron chi connectivity index (χ2n) is 13.5. The van der Waals surface area contributed by atoms with Crippen molar-refractivity contribution in [3.05, 3.63) is 120 Å². The van der Waals surface area contributed by atoms with E-state index < -0.39 is 66.9 Å². The van der Waals surface area contributed by atoms with E-state index in [1.807, 2.05) is 13.0 Å². The molecule has 2 saturated heterocycles. The van der Waals surface area contributed by atoms with Gasteiger partial charge in [0.05, 0.1) is 29.4 Å². The first-order valence-corrected chi connectivity index (χ1v) is 18.4. The minimum absolute atomic E-state index is 0.0226. The Labute approximate surface area is 310 Å². The van der Waals surface area contributed by atoms with Crippen LogP contribution in [0, 0.1) is 5.92 Å². The van der Waals surface area contributed by atoms with Crippen LogP contribution in [0.5, 0.6) is 0 Å². The molecule has 0 bridgehead atoms.